The Morgan fingerprint density at radius 1 is 0.968 bits per heavy atom. The lowest BCUT2D eigenvalue weighted by Crippen LogP contribution is -2.38. The van der Waals surface area contributed by atoms with Crippen molar-refractivity contribution in [3.8, 4) is 0 Å². The Morgan fingerprint density at radius 2 is 1.61 bits per heavy atom. The number of anilines is 2. The van der Waals surface area contributed by atoms with Gasteiger partial charge in [-0.2, -0.15) is 0 Å². The summed E-state index contributed by atoms with van der Waals surface area (Å²) in [4.78, 5) is 24.1. The summed E-state index contributed by atoms with van der Waals surface area (Å²) in [6.07, 6.45) is 0. The van der Waals surface area contributed by atoms with Crippen LogP contribution in [0, 0.1) is 12.7 Å². The van der Waals surface area contributed by atoms with E-state index in [1.165, 1.54) is 13.0 Å². The van der Waals surface area contributed by atoms with Gasteiger partial charge in [0, 0.05) is 11.3 Å². The molecule has 1 N–H and O–H groups in total. The molecule has 0 atom stereocenters. The Labute approximate surface area is 180 Å². The smallest absolute Gasteiger partial charge is 0.264 e. The standard InChI is InChI=1S/C23H21FN2O4S/c1-16-6-10-21(11-7-16)26(31(29,30)22-12-8-19(24)9-13-22)15-23(28)25-20-5-3-4-18(14-20)17(2)27/h3-14H,15H2,1-2H3,(H,25,28). The lowest BCUT2D eigenvalue weighted by Gasteiger charge is -2.24. The molecular weight excluding hydrogens is 419 g/mol. The van der Waals surface area contributed by atoms with Crippen molar-refractivity contribution in [2.45, 2.75) is 18.7 Å². The van der Waals surface area contributed by atoms with Gasteiger partial charge >= 0.3 is 0 Å². The molecule has 160 valence electrons. The second kappa shape index (κ2) is 9.09. The van der Waals surface area contributed by atoms with Crippen LogP contribution in [0.15, 0.2) is 77.7 Å². The third-order valence-electron chi connectivity index (χ3n) is 4.56. The minimum Gasteiger partial charge on any atom is -0.324 e. The van der Waals surface area contributed by atoms with Crippen LogP contribution >= 0.6 is 0 Å². The van der Waals surface area contributed by atoms with Crippen LogP contribution < -0.4 is 9.62 Å². The van der Waals surface area contributed by atoms with E-state index >= 15 is 0 Å². The number of Topliss-reactive ketones (excluding diaryl/α,β-unsaturated/α-hetero) is 1. The zero-order valence-corrected chi connectivity index (χ0v) is 17.8. The van der Waals surface area contributed by atoms with Gasteiger partial charge < -0.3 is 5.32 Å². The maximum absolute atomic E-state index is 13.3. The topological polar surface area (TPSA) is 83.6 Å². The monoisotopic (exact) mass is 440 g/mol. The zero-order valence-electron chi connectivity index (χ0n) is 17.0. The van der Waals surface area contributed by atoms with Crippen molar-refractivity contribution in [2.75, 3.05) is 16.2 Å². The van der Waals surface area contributed by atoms with E-state index in [2.05, 4.69) is 5.32 Å². The fourth-order valence-corrected chi connectivity index (χ4v) is 4.33. The largest absolute Gasteiger partial charge is 0.324 e. The zero-order chi connectivity index (χ0) is 22.6. The van der Waals surface area contributed by atoms with Crippen LogP contribution in [0.25, 0.3) is 0 Å². The molecule has 0 fully saturated rings. The number of hydrogen-bond donors (Lipinski definition) is 1. The van der Waals surface area contributed by atoms with Gasteiger partial charge in [-0.05, 0) is 62.4 Å². The fraction of sp³-hybridized carbons (Fsp3) is 0.130. The van der Waals surface area contributed by atoms with Gasteiger partial charge in [0.2, 0.25) is 5.91 Å². The minimum atomic E-state index is -4.14. The van der Waals surface area contributed by atoms with E-state index in [-0.39, 0.29) is 10.7 Å². The number of hydrogen-bond acceptors (Lipinski definition) is 4. The van der Waals surface area contributed by atoms with E-state index in [0.717, 1.165) is 34.1 Å². The Kier molecular flexibility index (Phi) is 6.50. The number of nitrogens with zero attached hydrogens (tertiary/aromatic N) is 1. The van der Waals surface area contributed by atoms with Crippen molar-refractivity contribution in [1.29, 1.82) is 0 Å². The highest BCUT2D eigenvalue weighted by Crippen LogP contribution is 2.24. The first-order chi connectivity index (χ1) is 14.7. The van der Waals surface area contributed by atoms with Gasteiger partial charge in [0.05, 0.1) is 10.6 Å². The summed E-state index contributed by atoms with van der Waals surface area (Å²) in [5.74, 6) is -1.31. The van der Waals surface area contributed by atoms with E-state index in [0.29, 0.717) is 16.9 Å². The highest BCUT2D eigenvalue weighted by Gasteiger charge is 2.27. The molecule has 0 aliphatic heterocycles. The molecule has 31 heavy (non-hydrogen) atoms. The number of benzene rings is 3. The number of sulfonamides is 1. The number of amides is 1. The number of ketones is 1. The molecule has 0 unspecified atom stereocenters. The van der Waals surface area contributed by atoms with E-state index < -0.39 is 28.3 Å². The maximum atomic E-state index is 13.3. The molecule has 3 aromatic rings. The van der Waals surface area contributed by atoms with Crippen molar-refractivity contribution in [1.82, 2.24) is 0 Å². The quantitative estimate of drug-likeness (QED) is 0.559. The molecule has 0 saturated carbocycles. The van der Waals surface area contributed by atoms with Crippen LogP contribution in [0.3, 0.4) is 0 Å². The lowest BCUT2D eigenvalue weighted by atomic mass is 10.1. The first kappa shape index (κ1) is 22.2. The van der Waals surface area contributed by atoms with Gasteiger partial charge in [0.15, 0.2) is 5.78 Å². The van der Waals surface area contributed by atoms with E-state index in [1.54, 1.807) is 42.5 Å². The Balaban J connectivity index is 1.92. The molecule has 0 radical (unpaired) electrons. The first-order valence-electron chi connectivity index (χ1n) is 9.42. The van der Waals surface area contributed by atoms with Gasteiger partial charge in [0.25, 0.3) is 10.0 Å². The third-order valence-corrected chi connectivity index (χ3v) is 6.35. The van der Waals surface area contributed by atoms with Gasteiger partial charge in [-0.1, -0.05) is 29.8 Å². The number of carbonyl (C=O) groups excluding carboxylic acids is 2. The summed E-state index contributed by atoms with van der Waals surface area (Å²) < 4.78 is 40.7. The van der Waals surface area contributed by atoms with Crippen LogP contribution in [-0.2, 0) is 14.8 Å². The maximum Gasteiger partial charge on any atom is 0.264 e. The lowest BCUT2D eigenvalue weighted by molar-refractivity contribution is -0.114. The molecule has 8 heteroatoms. The number of rotatable bonds is 7. The summed E-state index contributed by atoms with van der Waals surface area (Å²) in [5.41, 5.74) is 2.02. The van der Waals surface area contributed by atoms with Gasteiger partial charge in [0.1, 0.15) is 12.4 Å². The first-order valence-corrected chi connectivity index (χ1v) is 10.9. The van der Waals surface area contributed by atoms with Crippen molar-refractivity contribution in [3.63, 3.8) is 0 Å². The molecule has 6 nitrogen and oxygen atoms in total. The van der Waals surface area contributed by atoms with E-state index in [1.807, 2.05) is 6.92 Å². The number of carbonyl (C=O) groups is 2. The van der Waals surface area contributed by atoms with Crippen LogP contribution in [0.4, 0.5) is 15.8 Å². The Hall–Kier alpha value is -3.52. The van der Waals surface area contributed by atoms with Crippen molar-refractivity contribution >= 4 is 33.1 Å². The van der Waals surface area contributed by atoms with Crippen LogP contribution in [-0.4, -0.2) is 26.7 Å². The Bertz CT molecular complexity index is 1210. The van der Waals surface area contributed by atoms with Crippen molar-refractivity contribution < 1.29 is 22.4 Å². The molecule has 0 aliphatic rings. The van der Waals surface area contributed by atoms with Crippen LogP contribution in [0.2, 0.25) is 0 Å². The van der Waals surface area contributed by atoms with Gasteiger partial charge in [-0.25, -0.2) is 12.8 Å². The normalized spacial score (nSPS) is 11.1. The highest BCUT2D eigenvalue weighted by molar-refractivity contribution is 7.92. The average molecular weight is 440 g/mol. The molecule has 0 saturated heterocycles. The van der Waals surface area contributed by atoms with Crippen molar-refractivity contribution in [2.24, 2.45) is 0 Å². The van der Waals surface area contributed by atoms with Crippen LogP contribution in [0.1, 0.15) is 22.8 Å². The molecule has 0 aromatic heterocycles. The predicted octanol–water partition coefficient (Wildman–Crippen LogP) is 4.17. The van der Waals surface area contributed by atoms with Gasteiger partial charge in [-0.3, -0.25) is 13.9 Å². The molecule has 0 aliphatic carbocycles. The summed E-state index contributed by atoms with van der Waals surface area (Å²) in [6, 6.07) is 17.4. The molecule has 1 amide bonds. The molecule has 0 bridgehead atoms. The number of aryl methyl sites for hydroxylation is 1. The summed E-state index contributed by atoms with van der Waals surface area (Å²) >= 11 is 0. The summed E-state index contributed by atoms with van der Waals surface area (Å²) in [5, 5.41) is 2.62. The summed E-state index contributed by atoms with van der Waals surface area (Å²) in [7, 11) is -4.14. The van der Waals surface area contributed by atoms with Gasteiger partial charge in [-0.15, -0.1) is 0 Å². The molecule has 3 rings (SSSR count). The minimum absolute atomic E-state index is 0.138. The fourth-order valence-electron chi connectivity index (χ4n) is 2.91. The Morgan fingerprint density at radius 3 is 2.23 bits per heavy atom. The van der Waals surface area contributed by atoms with Crippen molar-refractivity contribution in [3.05, 3.63) is 89.7 Å². The molecule has 0 spiro atoms. The predicted molar refractivity (Wildman–Crippen MR) is 117 cm³/mol. The molecular formula is C23H21FN2O4S. The molecule has 0 heterocycles. The SMILES string of the molecule is CC(=O)c1cccc(NC(=O)CN(c2ccc(C)cc2)S(=O)(=O)c2ccc(F)cc2)c1. The van der Waals surface area contributed by atoms with Crippen LogP contribution in [0.5, 0.6) is 0 Å². The third kappa shape index (κ3) is 5.35. The average Bonchev–Trinajstić information content (AvgIpc) is 2.73. The molecule has 3 aromatic carbocycles. The van der Waals surface area contributed by atoms with E-state index in [4.69, 9.17) is 0 Å². The highest BCUT2D eigenvalue weighted by atomic mass is 32.2. The number of nitrogens with one attached hydrogen (secondary N) is 1. The summed E-state index contributed by atoms with van der Waals surface area (Å²) in [6.45, 7) is 2.76. The second-order valence-electron chi connectivity index (χ2n) is 6.99. The number of halogens is 1. The van der Waals surface area contributed by atoms with E-state index in [9.17, 15) is 22.4 Å². The second-order valence-corrected chi connectivity index (χ2v) is 8.85.